The number of rotatable bonds is 2. The van der Waals surface area contributed by atoms with E-state index in [4.69, 9.17) is 5.73 Å². The number of nitrogen functional groups attached to an aromatic ring is 1. The zero-order valence-electron chi connectivity index (χ0n) is 10.1. The van der Waals surface area contributed by atoms with E-state index in [1.807, 2.05) is 13.0 Å². The van der Waals surface area contributed by atoms with E-state index in [2.05, 4.69) is 42.2 Å². The molecule has 0 unspecified atom stereocenters. The van der Waals surface area contributed by atoms with Crippen LogP contribution in [0, 0.1) is 6.92 Å². The van der Waals surface area contributed by atoms with Gasteiger partial charge in [0.15, 0.2) is 0 Å². The smallest absolute Gasteiger partial charge is 0.258 e. The van der Waals surface area contributed by atoms with Crippen molar-refractivity contribution in [2.75, 3.05) is 11.1 Å². The quantitative estimate of drug-likeness (QED) is 0.828. The Kier molecular flexibility index (Phi) is 4.21. The Morgan fingerprint density at radius 2 is 2.05 bits per heavy atom. The molecule has 1 heterocycles. The van der Waals surface area contributed by atoms with E-state index in [0.717, 1.165) is 14.5 Å². The second-order valence-electron chi connectivity index (χ2n) is 4.00. The number of hydrogen-bond acceptors (Lipinski definition) is 3. The maximum Gasteiger partial charge on any atom is 0.258 e. The molecular weight excluding hydrogens is 374 g/mol. The zero-order valence-corrected chi connectivity index (χ0v) is 13.2. The van der Waals surface area contributed by atoms with Crippen molar-refractivity contribution in [1.29, 1.82) is 0 Å². The first-order chi connectivity index (χ1) is 8.97. The third-order valence-electron chi connectivity index (χ3n) is 2.57. The number of nitrogens with two attached hydrogens (primary N) is 1. The van der Waals surface area contributed by atoms with Crippen LogP contribution in [0.3, 0.4) is 0 Å². The average Bonchev–Trinajstić information content (AvgIpc) is 2.36. The molecule has 3 N–H and O–H groups in total. The Morgan fingerprint density at radius 3 is 2.74 bits per heavy atom. The molecule has 1 amide bonds. The summed E-state index contributed by atoms with van der Waals surface area (Å²) in [6, 6.07) is 7.13. The molecule has 2 rings (SSSR count). The van der Waals surface area contributed by atoms with Crippen molar-refractivity contribution in [3.05, 3.63) is 50.5 Å². The molecule has 0 spiro atoms. The normalized spacial score (nSPS) is 10.3. The maximum atomic E-state index is 12.2. The fourth-order valence-electron chi connectivity index (χ4n) is 1.49. The molecule has 0 aliphatic heterocycles. The minimum Gasteiger partial charge on any atom is -0.397 e. The topological polar surface area (TPSA) is 68.0 Å². The molecule has 0 aliphatic rings. The SMILES string of the molecule is Cc1cc(NC(=O)c2cc(Br)ccc2Br)ncc1N. The van der Waals surface area contributed by atoms with Gasteiger partial charge in [-0.3, -0.25) is 4.79 Å². The molecule has 0 radical (unpaired) electrons. The Hall–Kier alpha value is -1.40. The number of carbonyl (C=O) groups is 1. The molecule has 19 heavy (non-hydrogen) atoms. The van der Waals surface area contributed by atoms with Crippen molar-refractivity contribution in [2.45, 2.75) is 6.92 Å². The highest BCUT2D eigenvalue weighted by Crippen LogP contribution is 2.22. The van der Waals surface area contributed by atoms with Crippen molar-refractivity contribution >= 4 is 49.3 Å². The highest BCUT2D eigenvalue weighted by molar-refractivity contribution is 9.11. The van der Waals surface area contributed by atoms with Crippen molar-refractivity contribution in [1.82, 2.24) is 4.98 Å². The van der Waals surface area contributed by atoms with Gasteiger partial charge >= 0.3 is 0 Å². The Labute approximate surface area is 127 Å². The highest BCUT2D eigenvalue weighted by atomic mass is 79.9. The highest BCUT2D eigenvalue weighted by Gasteiger charge is 2.11. The van der Waals surface area contributed by atoms with Crippen LogP contribution in [-0.4, -0.2) is 10.9 Å². The number of amides is 1. The fourth-order valence-corrected chi connectivity index (χ4v) is 2.28. The van der Waals surface area contributed by atoms with Gasteiger partial charge in [-0.2, -0.15) is 0 Å². The van der Waals surface area contributed by atoms with Crippen LogP contribution < -0.4 is 11.1 Å². The van der Waals surface area contributed by atoms with E-state index in [9.17, 15) is 4.79 Å². The number of hydrogen-bond donors (Lipinski definition) is 2. The number of anilines is 2. The lowest BCUT2D eigenvalue weighted by molar-refractivity contribution is 0.102. The van der Waals surface area contributed by atoms with Gasteiger partial charge in [-0.25, -0.2) is 4.98 Å². The summed E-state index contributed by atoms with van der Waals surface area (Å²) in [6.07, 6.45) is 1.53. The van der Waals surface area contributed by atoms with E-state index < -0.39 is 0 Å². The molecule has 0 saturated carbocycles. The minimum absolute atomic E-state index is 0.232. The van der Waals surface area contributed by atoms with Gasteiger partial charge in [-0.05, 0) is 52.7 Å². The third-order valence-corrected chi connectivity index (χ3v) is 3.75. The van der Waals surface area contributed by atoms with E-state index in [1.165, 1.54) is 6.20 Å². The number of carbonyl (C=O) groups excluding carboxylic acids is 1. The molecule has 0 atom stereocenters. The minimum atomic E-state index is -0.232. The van der Waals surface area contributed by atoms with E-state index in [0.29, 0.717) is 17.1 Å². The zero-order chi connectivity index (χ0) is 14.0. The van der Waals surface area contributed by atoms with Gasteiger partial charge in [0.25, 0.3) is 5.91 Å². The second-order valence-corrected chi connectivity index (χ2v) is 5.77. The first-order valence-corrected chi connectivity index (χ1v) is 7.04. The average molecular weight is 385 g/mol. The van der Waals surface area contributed by atoms with Gasteiger partial charge in [-0.1, -0.05) is 15.9 Å². The van der Waals surface area contributed by atoms with Crippen LogP contribution in [-0.2, 0) is 0 Å². The lowest BCUT2D eigenvalue weighted by Gasteiger charge is -2.08. The van der Waals surface area contributed by atoms with Crippen LogP contribution in [0.4, 0.5) is 11.5 Å². The monoisotopic (exact) mass is 383 g/mol. The maximum absolute atomic E-state index is 12.2. The summed E-state index contributed by atoms with van der Waals surface area (Å²) < 4.78 is 1.56. The fraction of sp³-hybridized carbons (Fsp3) is 0.0769. The molecular formula is C13H11Br2N3O. The lowest BCUT2D eigenvalue weighted by Crippen LogP contribution is -2.14. The first kappa shape index (κ1) is 14.0. The number of halogens is 2. The summed E-state index contributed by atoms with van der Waals surface area (Å²) >= 11 is 6.69. The van der Waals surface area contributed by atoms with Gasteiger partial charge in [0.2, 0.25) is 0 Å². The van der Waals surface area contributed by atoms with E-state index in [-0.39, 0.29) is 5.91 Å². The summed E-state index contributed by atoms with van der Waals surface area (Å²) in [6.45, 7) is 1.86. The van der Waals surface area contributed by atoms with Crippen LogP contribution in [0.15, 0.2) is 39.4 Å². The summed E-state index contributed by atoms with van der Waals surface area (Å²) in [4.78, 5) is 16.2. The van der Waals surface area contributed by atoms with E-state index >= 15 is 0 Å². The largest absolute Gasteiger partial charge is 0.397 e. The number of aryl methyl sites for hydroxylation is 1. The molecule has 0 fully saturated rings. The molecule has 98 valence electrons. The predicted molar refractivity (Wildman–Crippen MR) is 83.2 cm³/mol. The molecule has 0 bridgehead atoms. The van der Waals surface area contributed by atoms with Crippen molar-refractivity contribution in [3.8, 4) is 0 Å². The van der Waals surface area contributed by atoms with Gasteiger partial charge in [0.05, 0.1) is 17.4 Å². The molecule has 4 nitrogen and oxygen atoms in total. The summed E-state index contributed by atoms with van der Waals surface area (Å²) in [5, 5.41) is 2.74. The molecule has 1 aromatic heterocycles. The Morgan fingerprint density at radius 1 is 1.32 bits per heavy atom. The molecule has 0 aliphatic carbocycles. The number of aromatic nitrogens is 1. The van der Waals surface area contributed by atoms with Gasteiger partial charge in [0, 0.05) is 8.95 Å². The number of nitrogens with one attached hydrogen (secondary N) is 1. The van der Waals surface area contributed by atoms with Gasteiger partial charge in [0.1, 0.15) is 5.82 Å². The molecule has 0 saturated heterocycles. The van der Waals surface area contributed by atoms with Crippen molar-refractivity contribution in [3.63, 3.8) is 0 Å². The van der Waals surface area contributed by atoms with Crippen LogP contribution in [0.2, 0.25) is 0 Å². The Balaban J connectivity index is 2.25. The lowest BCUT2D eigenvalue weighted by atomic mass is 10.2. The van der Waals surface area contributed by atoms with Crippen LogP contribution >= 0.6 is 31.9 Å². The summed E-state index contributed by atoms with van der Waals surface area (Å²) in [5.41, 5.74) is 7.69. The van der Waals surface area contributed by atoms with Gasteiger partial charge < -0.3 is 11.1 Å². The molecule has 6 heteroatoms. The first-order valence-electron chi connectivity index (χ1n) is 5.46. The van der Waals surface area contributed by atoms with Crippen LogP contribution in [0.1, 0.15) is 15.9 Å². The molecule has 1 aromatic carbocycles. The summed E-state index contributed by atoms with van der Waals surface area (Å²) in [5.74, 6) is 0.244. The van der Waals surface area contributed by atoms with Crippen LogP contribution in [0.25, 0.3) is 0 Å². The number of pyridine rings is 1. The Bertz CT molecular complexity index is 644. The van der Waals surface area contributed by atoms with E-state index in [1.54, 1.807) is 18.2 Å². The third kappa shape index (κ3) is 3.33. The van der Waals surface area contributed by atoms with Crippen molar-refractivity contribution in [2.24, 2.45) is 0 Å². The second kappa shape index (κ2) is 5.71. The van der Waals surface area contributed by atoms with Crippen LogP contribution in [0.5, 0.6) is 0 Å². The van der Waals surface area contributed by atoms with Gasteiger partial charge in [-0.15, -0.1) is 0 Å². The number of nitrogens with zero attached hydrogens (tertiary/aromatic N) is 1. The van der Waals surface area contributed by atoms with Crippen molar-refractivity contribution < 1.29 is 4.79 Å². The predicted octanol–water partition coefficient (Wildman–Crippen LogP) is 3.75. The number of benzene rings is 1. The standard InChI is InChI=1S/C13H11Br2N3O/c1-7-4-12(17-6-11(7)16)18-13(19)9-5-8(14)2-3-10(9)15/h2-6H,16H2,1H3,(H,17,18,19). The summed E-state index contributed by atoms with van der Waals surface area (Å²) in [7, 11) is 0. The molecule has 2 aromatic rings.